The Labute approximate surface area is 127 Å². The van der Waals surface area contributed by atoms with Crippen LogP contribution < -0.4 is 15.1 Å². The quantitative estimate of drug-likeness (QED) is 0.742. The summed E-state index contributed by atoms with van der Waals surface area (Å²) < 4.78 is 5.25. The Morgan fingerprint density at radius 2 is 1.67 bits per heavy atom. The average molecular weight is 296 g/mol. The van der Waals surface area contributed by atoms with Crippen LogP contribution in [-0.4, -0.2) is 61.4 Å². The number of hydrogen-bond acceptors (Lipinski definition) is 7. The van der Waals surface area contributed by atoms with E-state index in [0.717, 1.165) is 19.6 Å². The fourth-order valence-electron chi connectivity index (χ4n) is 2.22. The molecule has 0 aliphatic heterocycles. The fourth-order valence-corrected chi connectivity index (χ4v) is 2.22. The van der Waals surface area contributed by atoms with Crippen molar-refractivity contribution < 1.29 is 4.74 Å². The van der Waals surface area contributed by atoms with Crippen LogP contribution in [0.25, 0.3) is 0 Å². The summed E-state index contributed by atoms with van der Waals surface area (Å²) in [7, 11) is 3.53. The number of aromatic nitrogens is 3. The zero-order valence-corrected chi connectivity index (χ0v) is 14.1. The Bertz CT molecular complexity index is 424. The Kier molecular flexibility index (Phi) is 7.14. The Balaban J connectivity index is 3.17. The summed E-state index contributed by atoms with van der Waals surface area (Å²) in [6.07, 6.45) is 0. The summed E-state index contributed by atoms with van der Waals surface area (Å²) in [6.45, 7) is 11.6. The molecule has 1 aromatic heterocycles. The zero-order chi connectivity index (χ0) is 15.8. The molecular weight excluding hydrogens is 268 g/mol. The summed E-state index contributed by atoms with van der Waals surface area (Å²) in [5.74, 6) is 1.98. The molecule has 0 aliphatic carbocycles. The third-order valence-corrected chi connectivity index (χ3v) is 3.42. The van der Waals surface area contributed by atoms with E-state index in [2.05, 4.69) is 57.8 Å². The number of ether oxygens (including phenoxy) is 1. The largest absolute Gasteiger partial charge is 0.383 e. The zero-order valence-electron chi connectivity index (χ0n) is 14.1. The third-order valence-electron chi connectivity index (χ3n) is 3.42. The van der Waals surface area contributed by atoms with E-state index in [1.807, 2.05) is 7.05 Å². The molecule has 1 aromatic rings. The number of anilines is 3. The highest BCUT2D eigenvalue weighted by molar-refractivity contribution is 5.45. The van der Waals surface area contributed by atoms with Crippen LogP contribution in [0.15, 0.2) is 0 Å². The minimum absolute atomic E-state index is 0.205. The van der Waals surface area contributed by atoms with Gasteiger partial charge in [0.15, 0.2) is 0 Å². The molecule has 120 valence electrons. The SMILES string of the molecule is CCN(CC)c1nc(NC)nc(N(CC)C(C)COC)n1. The van der Waals surface area contributed by atoms with Crippen LogP contribution in [0.4, 0.5) is 17.8 Å². The van der Waals surface area contributed by atoms with Gasteiger partial charge in [-0.05, 0) is 27.7 Å². The van der Waals surface area contributed by atoms with Crippen molar-refractivity contribution in [3.8, 4) is 0 Å². The van der Waals surface area contributed by atoms with Gasteiger partial charge in [0.05, 0.1) is 12.6 Å². The van der Waals surface area contributed by atoms with Crippen LogP contribution >= 0.6 is 0 Å². The Morgan fingerprint density at radius 1 is 1.05 bits per heavy atom. The predicted molar refractivity (Wildman–Crippen MR) is 87.3 cm³/mol. The van der Waals surface area contributed by atoms with Gasteiger partial charge in [-0.2, -0.15) is 15.0 Å². The highest BCUT2D eigenvalue weighted by Gasteiger charge is 2.19. The topological polar surface area (TPSA) is 66.4 Å². The van der Waals surface area contributed by atoms with Crippen molar-refractivity contribution in [2.24, 2.45) is 0 Å². The van der Waals surface area contributed by atoms with E-state index in [4.69, 9.17) is 4.74 Å². The highest BCUT2D eigenvalue weighted by atomic mass is 16.5. The number of nitrogens with one attached hydrogen (secondary N) is 1. The molecule has 1 atom stereocenters. The van der Waals surface area contributed by atoms with Crippen LogP contribution in [-0.2, 0) is 4.74 Å². The first-order valence-electron chi connectivity index (χ1n) is 7.55. The molecule has 0 saturated carbocycles. The maximum Gasteiger partial charge on any atom is 0.232 e. The van der Waals surface area contributed by atoms with Gasteiger partial charge in [0.2, 0.25) is 17.8 Å². The second-order valence-corrected chi connectivity index (χ2v) is 4.77. The van der Waals surface area contributed by atoms with Crippen LogP contribution in [0.3, 0.4) is 0 Å². The van der Waals surface area contributed by atoms with E-state index >= 15 is 0 Å². The molecule has 0 aliphatic rings. The number of nitrogens with zero attached hydrogens (tertiary/aromatic N) is 5. The smallest absolute Gasteiger partial charge is 0.232 e. The molecule has 0 spiro atoms. The molecule has 7 nitrogen and oxygen atoms in total. The van der Waals surface area contributed by atoms with Crippen molar-refractivity contribution >= 4 is 17.8 Å². The molecular formula is C14H28N6O. The predicted octanol–water partition coefficient (Wildman–Crippen LogP) is 1.62. The summed E-state index contributed by atoms with van der Waals surface area (Å²) >= 11 is 0. The van der Waals surface area contributed by atoms with E-state index in [9.17, 15) is 0 Å². The van der Waals surface area contributed by atoms with Gasteiger partial charge in [-0.25, -0.2) is 0 Å². The fraction of sp³-hybridized carbons (Fsp3) is 0.786. The summed E-state index contributed by atoms with van der Waals surface area (Å²) in [4.78, 5) is 17.8. The molecule has 1 heterocycles. The van der Waals surface area contributed by atoms with Gasteiger partial charge < -0.3 is 19.9 Å². The molecule has 21 heavy (non-hydrogen) atoms. The molecule has 1 rings (SSSR count). The van der Waals surface area contributed by atoms with E-state index in [1.54, 1.807) is 7.11 Å². The molecule has 0 saturated heterocycles. The van der Waals surface area contributed by atoms with Gasteiger partial charge in [0.1, 0.15) is 0 Å². The van der Waals surface area contributed by atoms with Gasteiger partial charge in [-0.3, -0.25) is 0 Å². The third kappa shape index (κ3) is 4.42. The lowest BCUT2D eigenvalue weighted by molar-refractivity contribution is 0.181. The van der Waals surface area contributed by atoms with Crippen LogP contribution in [0.2, 0.25) is 0 Å². The second-order valence-electron chi connectivity index (χ2n) is 4.77. The maximum absolute atomic E-state index is 5.25. The van der Waals surface area contributed by atoms with E-state index < -0.39 is 0 Å². The normalized spacial score (nSPS) is 12.1. The standard InChI is InChI=1S/C14H28N6O/c1-7-19(8-2)13-16-12(15-5)17-14(18-13)20(9-3)11(4)10-21-6/h11H,7-10H2,1-6H3,(H,15,16,17,18). The molecule has 1 unspecified atom stereocenters. The second kappa shape index (κ2) is 8.61. The maximum atomic E-state index is 5.25. The molecule has 1 N–H and O–H groups in total. The first-order valence-corrected chi connectivity index (χ1v) is 7.55. The van der Waals surface area contributed by atoms with Gasteiger partial charge in [0, 0.05) is 33.8 Å². The van der Waals surface area contributed by atoms with Crippen molar-refractivity contribution in [2.45, 2.75) is 33.7 Å². The van der Waals surface area contributed by atoms with Gasteiger partial charge in [-0.1, -0.05) is 0 Å². The number of rotatable bonds is 9. The molecule has 0 bridgehead atoms. The summed E-state index contributed by atoms with van der Waals surface area (Å²) in [5, 5.41) is 3.01. The van der Waals surface area contributed by atoms with E-state index in [1.165, 1.54) is 0 Å². The van der Waals surface area contributed by atoms with E-state index in [-0.39, 0.29) is 6.04 Å². The lowest BCUT2D eigenvalue weighted by Crippen LogP contribution is -2.38. The number of hydrogen-bond donors (Lipinski definition) is 1. The molecule has 0 aromatic carbocycles. The van der Waals surface area contributed by atoms with Gasteiger partial charge in [0.25, 0.3) is 0 Å². The molecule has 0 amide bonds. The van der Waals surface area contributed by atoms with Crippen molar-refractivity contribution in [1.82, 2.24) is 15.0 Å². The average Bonchev–Trinajstić information content (AvgIpc) is 2.49. The lowest BCUT2D eigenvalue weighted by Gasteiger charge is -2.29. The Hall–Kier alpha value is -1.63. The minimum atomic E-state index is 0.205. The van der Waals surface area contributed by atoms with Crippen molar-refractivity contribution in [3.05, 3.63) is 0 Å². The van der Waals surface area contributed by atoms with Crippen LogP contribution in [0, 0.1) is 0 Å². The van der Waals surface area contributed by atoms with Crippen LogP contribution in [0.5, 0.6) is 0 Å². The van der Waals surface area contributed by atoms with Crippen molar-refractivity contribution in [3.63, 3.8) is 0 Å². The molecule has 0 radical (unpaired) electrons. The van der Waals surface area contributed by atoms with Gasteiger partial charge in [-0.15, -0.1) is 0 Å². The van der Waals surface area contributed by atoms with Crippen molar-refractivity contribution in [1.29, 1.82) is 0 Å². The summed E-state index contributed by atoms with van der Waals surface area (Å²) in [5.41, 5.74) is 0. The first kappa shape index (κ1) is 17.4. The van der Waals surface area contributed by atoms with Gasteiger partial charge >= 0.3 is 0 Å². The summed E-state index contributed by atoms with van der Waals surface area (Å²) in [6, 6.07) is 0.205. The highest BCUT2D eigenvalue weighted by Crippen LogP contribution is 2.18. The molecule has 7 heteroatoms. The Morgan fingerprint density at radius 3 is 2.14 bits per heavy atom. The van der Waals surface area contributed by atoms with E-state index in [0.29, 0.717) is 24.5 Å². The number of likely N-dealkylation sites (N-methyl/N-ethyl adjacent to an activating group) is 1. The minimum Gasteiger partial charge on any atom is -0.383 e. The lowest BCUT2D eigenvalue weighted by atomic mass is 10.3. The monoisotopic (exact) mass is 296 g/mol. The first-order chi connectivity index (χ1) is 10.1. The van der Waals surface area contributed by atoms with Crippen molar-refractivity contribution in [2.75, 3.05) is 55.5 Å². The number of methoxy groups -OCH3 is 1. The van der Waals surface area contributed by atoms with Crippen LogP contribution in [0.1, 0.15) is 27.7 Å². The molecule has 0 fully saturated rings.